The van der Waals surface area contributed by atoms with Crippen LogP contribution >= 0.6 is 11.6 Å². The number of aliphatic hydroxyl groups is 1. The van der Waals surface area contributed by atoms with Crippen molar-refractivity contribution in [2.24, 2.45) is 0 Å². The summed E-state index contributed by atoms with van der Waals surface area (Å²) in [6.45, 7) is 2.14. The number of rotatable bonds is 4. The van der Waals surface area contributed by atoms with Gasteiger partial charge in [0, 0.05) is 22.5 Å². The van der Waals surface area contributed by atoms with Crippen LogP contribution in [0.3, 0.4) is 0 Å². The van der Waals surface area contributed by atoms with Crippen LogP contribution in [0, 0.1) is 0 Å². The van der Waals surface area contributed by atoms with Crippen LogP contribution in [0.25, 0.3) is 10.9 Å². The Hall–Kier alpha value is -1.52. The van der Waals surface area contributed by atoms with Crippen LogP contribution in [0.4, 0.5) is 0 Å². The van der Waals surface area contributed by atoms with E-state index in [0.29, 0.717) is 23.7 Å². The SMILES string of the molecule is CC(O)CCNC(=O)c1cc2ccc(Cl)cc2[nH]1. The highest BCUT2D eigenvalue weighted by atomic mass is 35.5. The third-order valence-electron chi connectivity index (χ3n) is 2.68. The van der Waals surface area contributed by atoms with Crippen molar-refractivity contribution in [3.05, 3.63) is 35.0 Å². The number of amides is 1. The lowest BCUT2D eigenvalue weighted by atomic mass is 10.2. The number of hydrogen-bond acceptors (Lipinski definition) is 2. The highest BCUT2D eigenvalue weighted by Gasteiger charge is 2.09. The minimum Gasteiger partial charge on any atom is -0.393 e. The van der Waals surface area contributed by atoms with Crippen LogP contribution in [-0.2, 0) is 0 Å². The van der Waals surface area contributed by atoms with Crippen molar-refractivity contribution in [3.63, 3.8) is 0 Å². The molecule has 2 rings (SSSR count). The number of benzene rings is 1. The number of aromatic nitrogens is 1. The fourth-order valence-corrected chi connectivity index (χ4v) is 1.88. The highest BCUT2D eigenvalue weighted by Crippen LogP contribution is 2.19. The van der Waals surface area contributed by atoms with Gasteiger partial charge in [0.1, 0.15) is 5.69 Å². The van der Waals surface area contributed by atoms with E-state index in [1.807, 2.05) is 6.07 Å². The van der Waals surface area contributed by atoms with Crippen LogP contribution in [0.1, 0.15) is 23.8 Å². The monoisotopic (exact) mass is 266 g/mol. The molecular weight excluding hydrogens is 252 g/mol. The Bertz CT molecular complexity index is 563. The largest absolute Gasteiger partial charge is 0.393 e. The summed E-state index contributed by atoms with van der Waals surface area (Å²) in [5.41, 5.74) is 1.33. The lowest BCUT2D eigenvalue weighted by molar-refractivity contribution is 0.0941. The molecule has 0 radical (unpaired) electrons. The van der Waals surface area contributed by atoms with E-state index in [4.69, 9.17) is 16.7 Å². The van der Waals surface area contributed by atoms with Crippen molar-refractivity contribution >= 4 is 28.4 Å². The lowest BCUT2D eigenvalue weighted by Crippen LogP contribution is -2.26. The third kappa shape index (κ3) is 3.03. The van der Waals surface area contributed by atoms with Gasteiger partial charge in [-0.2, -0.15) is 0 Å². The van der Waals surface area contributed by atoms with E-state index in [1.54, 1.807) is 25.1 Å². The van der Waals surface area contributed by atoms with E-state index in [0.717, 1.165) is 10.9 Å². The molecule has 0 saturated carbocycles. The van der Waals surface area contributed by atoms with Gasteiger partial charge in [-0.25, -0.2) is 0 Å². The molecule has 1 aromatic carbocycles. The second kappa shape index (κ2) is 5.42. The molecule has 1 unspecified atom stereocenters. The maximum atomic E-state index is 11.8. The molecule has 2 aromatic rings. The van der Waals surface area contributed by atoms with Crippen molar-refractivity contribution in [3.8, 4) is 0 Å². The molecule has 1 heterocycles. The topological polar surface area (TPSA) is 65.1 Å². The van der Waals surface area contributed by atoms with Crippen molar-refractivity contribution in [2.75, 3.05) is 6.54 Å². The van der Waals surface area contributed by atoms with Gasteiger partial charge in [-0.05, 0) is 31.5 Å². The molecule has 1 atom stereocenters. The fraction of sp³-hybridized carbons (Fsp3) is 0.308. The van der Waals surface area contributed by atoms with E-state index >= 15 is 0 Å². The molecule has 1 aromatic heterocycles. The van der Waals surface area contributed by atoms with E-state index in [2.05, 4.69) is 10.3 Å². The smallest absolute Gasteiger partial charge is 0.267 e. The molecule has 0 aliphatic heterocycles. The van der Waals surface area contributed by atoms with Crippen molar-refractivity contribution < 1.29 is 9.90 Å². The fourth-order valence-electron chi connectivity index (χ4n) is 1.71. The van der Waals surface area contributed by atoms with E-state index < -0.39 is 6.10 Å². The quantitative estimate of drug-likeness (QED) is 0.795. The van der Waals surface area contributed by atoms with Gasteiger partial charge in [0.25, 0.3) is 5.91 Å². The van der Waals surface area contributed by atoms with Gasteiger partial charge in [0.15, 0.2) is 0 Å². The molecule has 18 heavy (non-hydrogen) atoms. The summed E-state index contributed by atoms with van der Waals surface area (Å²) in [4.78, 5) is 14.8. The van der Waals surface area contributed by atoms with Crippen LogP contribution in [0.2, 0.25) is 5.02 Å². The molecule has 96 valence electrons. The minimum absolute atomic E-state index is 0.178. The predicted molar refractivity (Wildman–Crippen MR) is 71.9 cm³/mol. The first-order chi connectivity index (χ1) is 8.56. The number of halogens is 1. The molecule has 1 amide bonds. The summed E-state index contributed by atoms with van der Waals surface area (Å²) in [5, 5.41) is 13.4. The standard InChI is InChI=1S/C13H15ClN2O2/c1-8(17)4-5-15-13(18)12-6-9-2-3-10(14)7-11(9)16-12/h2-3,6-8,16-17H,4-5H2,1H3,(H,15,18). The Balaban J connectivity index is 2.08. The van der Waals surface area contributed by atoms with Crippen molar-refractivity contribution in [1.29, 1.82) is 0 Å². The Morgan fingerprint density at radius 3 is 3.00 bits per heavy atom. The zero-order valence-corrected chi connectivity index (χ0v) is 10.8. The average Bonchev–Trinajstić information content (AvgIpc) is 2.71. The summed E-state index contributed by atoms with van der Waals surface area (Å²) < 4.78 is 0. The molecule has 0 fully saturated rings. The first-order valence-electron chi connectivity index (χ1n) is 5.81. The maximum Gasteiger partial charge on any atom is 0.267 e. The van der Waals surface area contributed by atoms with Gasteiger partial charge in [-0.3, -0.25) is 4.79 Å². The zero-order chi connectivity index (χ0) is 13.1. The highest BCUT2D eigenvalue weighted by molar-refractivity contribution is 6.31. The van der Waals surface area contributed by atoms with E-state index in [-0.39, 0.29) is 5.91 Å². The summed E-state index contributed by atoms with van der Waals surface area (Å²) in [6, 6.07) is 7.21. The maximum absolute atomic E-state index is 11.8. The lowest BCUT2D eigenvalue weighted by Gasteiger charge is -2.05. The van der Waals surface area contributed by atoms with Crippen LogP contribution in [-0.4, -0.2) is 28.6 Å². The molecule has 3 N–H and O–H groups in total. The summed E-state index contributed by atoms with van der Waals surface area (Å²) in [5.74, 6) is -0.178. The first kappa shape index (κ1) is 12.9. The van der Waals surface area contributed by atoms with Crippen molar-refractivity contribution in [2.45, 2.75) is 19.4 Å². The third-order valence-corrected chi connectivity index (χ3v) is 2.91. The first-order valence-corrected chi connectivity index (χ1v) is 6.18. The number of H-pyrrole nitrogens is 1. The summed E-state index contributed by atoms with van der Waals surface area (Å²) in [6.07, 6.45) is 0.129. The number of aliphatic hydroxyl groups excluding tert-OH is 1. The second-order valence-corrected chi connectivity index (χ2v) is 4.74. The summed E-state index contributed by atoms with van der Waals surface area (Å²) in [7, 11) is 0. The van der Waals surface area contributed by atoms with Gasteiger partial charge in [0.2, 0.25) is 0 Å². The van der Waals surface area contributed by atoms with Gasteiger partial charge in [-0.15, -0.1) is 0 Å². The molecule has 0 bridgehead atoms. The molecule has 5 heteroatoms. The van der Waals surface area contributed by atoms with Gasteiger partial charge in [0.05, 0.1) is 6.10 Å². The van der Waals surface area contributed by atoms with Crippen LogP contribution in [0.15, 0.2) is 24.3 Å². The second-order valence-electron chi connectivity index (χ2n) is 4.31. The summed E-state index contributed by atoms with van der Waals surface area (Å²) >= 11 is 5.88. The minimum atomic E-state index is -0.410. The predicted octanol–water partition coefficient (Wildman–Crippen LogP) is 2.32. The molecular formula is C13H15ClN2O2. The normalized spacial score (nSPS) is 12.6. The Morgan fingerprint density at radius 1 is 1.50 bits per heavy atom. The number of aromatic amines is 1. The molecule has 0 spiro atoms. The van der Waals surface area contributed by atoms with Crippen molar-refractivity contribution in [1.82, 2.24) is 10.3 Å². The number of fused-ring (bicyclic) bond motifs is 1. The van der Waals surface area contributed by atoms with Gasteiger partial charge in [-0.1, -0.05) is 17.7 Å². The molecule has 0 aliphatic rings. The number of carbonyl (C=O) groups excluding carboxylic acids is 1. The Labute approximate surface area is 110 Å². The molecule has 0 saturated heterocycles. The van der Waals surface area contributed by atoms with Gasteiger partial charge < -0.3 is 15.4 Å². The number of nitrogens with one attached hydrogen (secondary N) is 2. The van der Waals surface area contributed by atoms with E-state index in [9.17, 15) is 4.79 Å². The van der Waals surface area contributed by atoms with Crippen LogP contribution in [0.5, 0.6) is 0 Å². The number of hydrogen-bond donors (Lipinski definition) is 3. The molecule has 4 nitrogen and oxygen atoms in total. The average molecular weight is 267 g/mol. The number of carbonyl (C=O) groups is 1. The molecule has 0 aliphatic carbocycles. The van der Waals surface area contributed by atoms with Crippen LogP contribution < -0.4 is 5.32 Å². The zero-order valence-electron chi connectivity index (χ0n) is 10.0. The van der Waals surface area contributed by atoms with E-state index in [1.165, 1.54) is 0 Å². The van der Waals surface area contributed by atoms with Gasteiger partial charge >= 0.3 is 0 Å². The Kier molecular flexibility index (Phi) is 3.89. The Morgan fingerprint density at radius 2 is 2.28 bits per heavy atom.